The quantitative estimate of drug-likeness (QED) is 0.452. The Morgan fingerprint density at radius 1 is 0.577 bits per heavy atom. The van der Waals surface area contributed by atoms with Crippen LogP contribution < -0.4 is 0 Å². The molecule has 26 heavy (non-hydrogen) atoms. The van der Waals surface area contributed by atoms with Gasteiger partial charge in [-0.25, -0.2) is 0 Å². The van der Waals surface area contributed by atoms with E-state index in [1.54, 1.807) is 0 Å². The second kappa shape index (κ2) is 7.48. The topological polar surface area (TPSA) is 173 Å². The molecule has 0 aliphatic carbocycles. The molecule has 0 aromatic carbocycles. The molecule has 0 aromatic rings. The summed E-state index contributed by atoms with van der Waals surface area (Å²) in [5.41, 5.74) is 0. The van der Waals surface area contributed by atoms with E-state index in [1.165, 1.54) is 13.8 Å². The summed E-state index contributed by atoms with van der Waals surface area (Å²) in [5, 5.41) is -3.28. The normalized spacial score (nSPS) is 37.1. The minimum atomic E-state index is -4.80. The molecule has 18 heteroatoms. The van der Waals surface area contributed by atoms with Gasteiger partial charge in [-0.3, -0.25) is 15.5 Å². The lowest BCUT2D eigenvalue weighted by molar-refractivity contribution is 0.372. The second-order valence-electron chi connectivity index (χ2n) is 5.77. The van der Waals surface area contributed by atoms with Crippen molar-refractivity contribution in [1.29, 1.82) is 0 Å². The van der Waals surface area contributed by atoms with Crippen LogP contribution in [0.5, 0.6) is 0 Å². The maximum absolute atomic E-state index is 12.0. The molecule has 1 fully saturated rings. The minimum Gasteiger partial charge on any atom is -0.283 e. The molecule has 1 heterocycles. The second-order valence-corrected chi connectivity index (χ2v) is 20.7. The lowest BCUT2D eigenvalue weighted by Gasteiger charge is -2.28. The van der Waals surface area contributed by atoms with Crippen molar-refractivity contribution in [3.05, 3.63) is 0 Å². The molecule has 0 atom stereocenters. The zero-order chi connectivity index (χ0) is 20.7. The lowest BCUT2D eigenvalue weighted by atomic mass is 11.0. The van der Waals surface area contributed by atoms with Crippen molar-refractivity contribution in [2.24, 2.45) is 0 Å². The average Bonchev–Trinajstić information content (AvgIpc) is 2.30. The van der Waals surface area contributed by atoms with Gasteiger partial charge in [0.2, 0.25) is 10.2 Å². The molecule has 0 N–H and O–H groups in total. The fraction of sp³-hybridized carbons (Fsp3) is 1.00. The first-order valence-electron chi connectivity index (χ1n) is 7.09. The fourth-order valence-corrected chi connectivity index (χ4v) is 18.3. The average molecular weight is 493 g/mol. The van der Waals surface area contributed by atoms with Crippen LogP contribution in [0.1, 0.15) is 13.8 Å². The van der Waals surface area contributed by atoms with Gasteiger partial charge in [0.15, 0.2) is 0 Å². The smallest absolute Gasteiger partial charge is 0.283 e. The molecule has 1 rings (SSSR count). The molecular formula is C8H20O12S4Si2. The first-order valence-corrected chi connectivity index (χ1v) is 18.4. The third-order valence-electron chi connectivity index (χ3n) is 3.07. The van der Waals surface area contributed by atoms with Crippen molar-refractivity contribution in [3.8, 4) is 0 Å². The third kappa shape index (κ3) is 7.24. The molecule has 156 valence electrons. The summed E-state index contributed by atoms with van der Waals surface area (Å²) in [6.45, 7) is 4.78. The molecule has 0 amide bonds. The zero-order valence-electron chi connectivity index (χ0n) is 14.4. The Bertz CT molecular complexity index is 801. The largest absolute Gasteiger partial charge is 0.371 e. The van der Waals surface area contributed by atoms with Gasteiger partial charge in [0.05, 0.1) is 0 Å². The summed E-state index contributed by atoms with van der Waals surface area (Å²) in [4.78, 5) is 0. The van der Waals surface area contributed by atoms with Crippen LogP contribution in [-0.4, -0.2) is 61.0 Å². The van der Waals surface area contributed by atoms with Gasteiger partial charge in [0, 0.05) is 0 Å². The first-order chi connectivity index (χ1) is 11.4. The van der Waals surface area contributed by atoms with Gasteiger partial charge in [-0.05, 0) is 25.2 Å². The van der Waals surface area contributed by atoms with Crippen LogP contribution in [0, 0.1) is 0 Å². The van der Waals surface area contributed by atoms with Gasteiger partial charge in [-0.1, -0.05) is 13.8 Å². The Kier molecular flexibility index (Phi) is 6.94. The highest BCUT2D eigenvalue weighted by molar-refractivity contribution is 8.06. The van der Waals surface area contributed by atoms with Gasteiger partial charge >= 0.3 is 17.1 Å². The molecule has 1 saturated heterocycles. The van der Waals surface area contributed by atoms with E-state index >= 15 is 0 Å². The van der Waals surface area contributed by atoms with E-state index < -0.39 is 67.8 Å². The van der Waals surface area contributed by atoms with E-state index in [1.807, 2.05) is 0 Å². The third-order valence-corrected chi connectivity index (χ3v) is 20.0. The van der Waals surface area contributed by atoms with E-state index in [2.05, 4.69) is 0 Å². The number of rotatable bonds is 2. The molecular weight excluding hydrogens is 473 g/mol. The van der Waals surface area contributed by atoms with E-state index in [9.17, 15) is 33.7 Å². The van der Waals surface area contributed by atoms with Gasteiger partial charge in [0.25, 0.3) is 40.5 Å². The molecule has 1 aliphatic heterocycles. The predicted molar refractivity (Wildman–Crippen MR) is 94.0 cm³/mol. The Labute approximate surface area is 155 Å². The summed E-state index contributed by atoms with van der Waals surface area (Å²) in [5.74, 6) is 0. The molecule has 1 aliphatic rings. The lowest BCUT2D eigenvalue weighted by Crippen LogP contribution is -2.48. The van der Waals surface area contributed by atoms with Crippen LogP contribution in [0.3, 0.4) is 0 Å². The summed E-state index contributed by atoms with van der Waals surface area (Å²) >= 11 is 0. The first kappa shape index (κ1) is 24.1. The maximum atomic E-state index is 12.0. The van der Waals surface area contributed by atoms with Crippen LogP contribution >= 0.6 is 0 Å². The summed E-state index contributed by atoms with van der Waals surface area (Å²) < 4.78 is 115. The van der Waals surface area contributed by atoms with E-state index in [4.69, 9.17) is 15.5 Å². The van der Waals surface area contributed by atoms with E-state index in [-0.39, 0.29) is 12.1 Å². The number of hydrogen-bond donors (Lipinski definition) is 0. The van der Waals surface area contributed by atoms with Crippen LogP contribution in [0.15, 0.2) is 0 Å². The highest BCUT2D eigenvalue weighted by Gasteiger charge is 2.48. The summed E-state index contributed by atoms with van der Waals surface area (Å²) in [6, 6.07) is -0.455. The Morgan fingerprint density at radius 2 is 0.769 bits per heavy atom. The molecule has 0 spiro atoms. The molecule has 0 radical (unpaired) electrons. The van der Waals surface area contributed by atoms with Gasteiger partial charge in [0.1, 0.15) is 0 Å². The predicted octanol–water partition coefficient (Wildman–Crippen LogP) is -0.516. The highest BCUT2D eigenvalue weighted by Crippen LogP contribution is 2.26. The Morgan fingerprint density at radius 3 is 0.923 bits per heavy atom. The standard InChI is InChI=1S/C8H20O12S4Si2/c1-5-25(3)17-21(9,10)7-23(13,14)19-26(4,6-2)20-24(15,16)8-22(11,12)18-25/h5-8H2,1-4H3. The van der Waals surface area contributed by atoms with E-state index in [0.29, 0.717) is 0 Å². The van der Waals surface area contributed by atoms with Gasteiger partial charge in [-0.15, -0.1) is 0 Å². The summed E-state index contributed by atoms with van der Waals surface area (Å²) in [7, 11) is -27.3. The Hall–Kier alpha value is 0.0738. The minimum absolute atomic E-state index is 0.227. The molecule has 0 bridgehead atoms. The van der Waals surface area contributed by atoms with Crippen molar-refractivity contribution in [2.45, 2.75) is 39.0 Å². The van der Waals surface area contributed by atoms with Crippen molar-refractivity contribution < 1.29 is 49.2 Å². The van der Waals surface area contributed by atoms with Crippen molar-refractivity contribution >= 4 is 57.6 Å². The zero-order valence-corrected chi connectivity index (χ0v) is 19.6. The van der Waals surface area contributed by atoms with Crippen molar-refractivity contribution in [2.75, 3.05) is 10.2 Å². The fourth-order valence-electron chi connectivity index (χ4n) is 1.79. The highest BCUT2D eigenvalue weighted by atomic mass is 32.3. The van der Waals surface area contributed by atoms with Crippen LogP contribution in [0.25, 0.3) is 0 Å². The van der Waals surface area contributed by atoms with Crippen LogP contribution in [-0.2, 0) is 56.0 Å². The molecule has 0 saturated carbocycles. The van der Waals surface area contributed by atoms with Gasteiger partial charge < -0.3 is 0 Å². The SMILES string of the molecule is CC[Si]1(C)OS(=O)(=O)CS(=O)(=O)O[Si](C)(CC)OS(=O)(=O)CS(=O)(=O)O1. The van der Waals surface area contributed by atoms with Crippen LogP contribution in [0.2, 0.25) is 25.2 Å². The molecule has 0 unspecified atom stereocenters. The van der Waals surface area contributed by atoms with E-state index in [0.717, 1.165) is 13.1 Å². The Balaban J connectivity index is 3.55. The van der Waals surface area contributed by atoms with Gasteiger partial charge in [-0.2, -0.15) is 33.7 Å². The monoisotopic (exact) mass is 492 g/mol. The van der Waals surface area contributed by atoms with Crippen LogP contribution in [0.4, 0.5) is 0 Å². The maximum Gasteiger partial charge on any atom is 0.371 e. The molecule has 12 nitrogen and oxygen atoms in total. The number of hydrogen-bond acceptors (Lipinski definition) is 12. The van der Waals surface area contributed by atoms with Crippen molar-refractivity contribution in [1.82, 2.24) is 0 Å². The molecule has 0 aromatic heterocycles. The summed E-state index contributed by atoms with van der Waals surface area (Å²) in [6.07, 6.45) is 0. The van der Waals surface area contributed by atoms with Crippen molar-refractivity contribution in [3.63, 3.8) is 0 Å².